The first kappa shape index (κ1) is 13.5. The van der Waals surface area contributed by atoms with Gasteiger partial charge in [0.2, 0.25) is 0 Å². The number of aromatic nitrogens is 4. The highest BCUT2D eigenvalue weighted by molar-refractivity contribution is 6.02. The van der Waals surface area contributed by atoms with Crippen molar-refractivity contribution in [2.24, 2.45) is 16.5 Å². The third kappa shape index (κ3) is 2.33. The van der Waals surface area contributed by atoms with E-state index in [1.807, 2.05) is 18.2 Å². The standard InChI is InChI=1S/C15H15N7O/c16-15(17)21-14(23)10-6-20-22(13(10)8-1-2-8)9-3-4-11-12(5-9)19-7-18-11/h3-8H,1-2H2,(H,18,19)(H4,16,17,21,23). The number of amides is 1. The Hall–Kier alpha value is -3.16. The van der Waals surface area contributed by atoms with Crippen molar-refractivity contribution in [3.8, 4) is 5.69 Å². The molecule has 1 aliphatic carbocycles. The van der Waals surface area contributed by atoms with Gasteiger partial charge in [0.1, 0.15) is 0 Å². The van der Waals surface area contributed by atoms with Gasteiger partial charge in [0.25, 0.3) is 5.91 Å². The number of carbonyl (C=O) groups is 1. The number of nitrogens with two attached hydrogens (primary N) is 2. The maximum atomic E-state index is 12.2. The summed E-state index contributed by atoms with van der Waals surface area (Å²) in [5.74, 6) is -0.396. The molecule has 2 heterocycles. The lowest BCUT2D eigenvalue weighted by Gasteiger charge is -2.08. The molecule has 2 aromatic heterocycles. The van der Waals surface area contributed by atoms with Crippen molar-refractivity contribution in [1.29, 1.82) is 0 Å². The van der Waals surface area contributed by atoms with Crippen LogP contribution < -0.4 is 11.5 Å². The van der Waals surface area contributed by atoms with E-state index in [4.69, 9.17) is 11.5 Å². The zero-order valence-electron chi connectivity index (χ0n) is 12.2. The van der Waals surface area contributed by atoms with Crippen molar-refractivity contribution < 1.29 is 4.79 Å². The van der Waals surface area contributed by atoms with Crippen molar-refractivity contribution >= 4 is 22.9 Å². The topological polar surface area (TPSA) is 128 Å². The quantitative estimate of drug-likeness (QED) is 0.492. The maximum Gasteiger partial charge on any atom is 0.283 e. The van der Waals surface area contributed by atoms with E-state index in [2.05, 4.69) is 20.1 Å². The van der Waals surface area contributed by atoms with Crippen LogP contribution >= 0.6 is 0 Å². The highest BCUT2D eigenvalue weighted by Crippen LogP contribution is 2.42. The molecule has 1 aromatic carbocycles. The van der Waals surface area contributed by atoms with Crippen LogP contribution in [0.1, 0.15) is 34.8 Å². The molecule has 4 rings (SSSR count). The second-order valence-corrected chi connectivity index (χ2v) is 5.58. The predicted octanol–water partition coefficient (Wildman–Crippen LogP) is 1.04. The number of benzene rings is 1. The largest absolute Gasteiger partial charge is 0.370 e. The molecule has 0 spiro atoms. The molecule has 1 fully saturated rings. The molecular formula is C15H15N7O. The third-order valence-corrected chi connectivity index (χ3v) is 3.88. The average Bonchev–Trinajstić information content (AvgIpc) is 3.09. The second kappa shape index (κ2) is 4.94. The molecule has 0 aliphatic heterocycles. The van der Waals surface area contributed by atoms with Crippen LogP contribution in [-0.4, -0.2) is 31.6 Å². The van der Waals surface area contributed by atoms with E-state index in [9.17, 15) is 4.79 Å². The summed E-state index contributed by atoms with van der Waals surface area (Å²) >= 11 is 0. The summed E-state index contributed by atoms with van der Waals surface area (Å²) in [6, 6.07) is 5.80. The number of guanidine groups is 1. The van der Waals surface area contributed by atoms with Crippen LogP contribution in [0.4, 0.5) is 0 Å². The Balaban J connectivity index is 1.84. The molecule has 0 radical (unpaired) electrons. The van der Waals surface area contributed by atoms with Gasteiger partial charge in [-0.3, -0.25) is 4.79 Å². The van der Waals surface area contributed by atoms with Crippen LogP contribution in [-0.2, 0) is 0 Å². The number of H-pyrrole nitrogens is 1. The zero-order valence-corrected chi connectivity index (χ0v) is 12.2. The Kier molecular flexibility index (Phi) is 2.90. The van der Waals surface area contributed by atoms with Gasteiger partial charge in [-0.1, -0.05) is 0 Å². The number of aliphatic imine (C=N–C) groups is 1. The first-order valence-electron chi connectivity index (χ1n) is 7.29. The molecule has 0 bridgehead atoms. The minimum atomic E-state index is -0.458. The molecule has 23 heavy (non-hydrogen) atoms. The van der Waals surface area contributed by atoms with Gasteiger partial charge in [-0.25, -0.2) is 9.67 Å². The molecule has 0 unspecified atom stereocenters. The van der Waals surface area contributed by atoms with E-state index in [0.717, 1.165) is 35.3 Å². The molecule has 0 atom stereocenters. The van der Waals surface area contributed by atoms with Gasteiger partial charge in [-0.15, -0.1) is 0 Å². The second-order valence-electron chi connectivity index (χ2n) is 5.58. The molecule has 3 aromatic rings. The number of hydrogen-bond acceptors (Lipinski definition) is 3. The predicted molar refractivity (Wildman–Crippen MR) is 85.3 cm³/mol. The normalized spacial score (nSPS) is 14.1. The molecule has 116 valence electrons. The van der Waals surface area contributed by atoms with Gasteiger partial charge in [0.15, 0.2) is 5.96 Å². The highest BCUT2D eigenvalue weighted by atomic mass is 16.1. The molecule has 1 amide bonds. The number of hydrogen-bond donors (Lipinski definition) is 3. The van der Waals surface area contributed by atoms with E-state index in [-0.39, 0.29) is 5.96 Å². The van der Waals surface area contributed by atoms with Crippen LogP contribution in [0.25, 0.3) is 16.7 Å². The van der Waals surface area contributed by atoms with Crippen LogP contribution in [0.3, 0.4) is 0 Å². The Morgan fingerprint density at radius 2 is 2.17 bits per heavy atom. The van der Waals surface area contributed by atoms with Crippen LogP contribution in [0.5, 0.6) is 0 Å². The van der Waals surface area contributed by atoms with E-state index in [1.165, 1.54) is 6.20 Å². The summed E-state index contributed by atoms with van der Waals surface area (Å²) in [7, 11) is 0. The Labute approximate surface area is 131 Å². The van der Waals surface area contributed by atoms with Crippen molar-refractivity contribution in [3.63, 3.8) is 0 Å². The maximum absolute atomic E-state index is 12.2. The molecular weight excluding hydrogens is 294 g/mol. The first-order chi connectivity index (χ1) is 11.1. The first-order valence-corrected chi connectivity index (χ1v) is 7.29. The SMILES string of the molecule is NC(N)=NC(=O)c1cnn(-c2ccc3nc[nH]c3c2)c1C1CC1. The van der Waals surface area contributed by atoms with Gasteiger partial charge in [0, 0.05) is 5.92 Å². The average molecular weight is 309 g/mol. The van der Waals surface area contributed by atoms with Crippen molar-refractivity contribution in [3.05, 3.63) is 42.0 Å². The van der Waals surface area contributed by atoms with Gasteiger partial charge in [-0.05, 0) is 31.0 Å². The number of imidazole rings is 1. The Morgan fingerprint density at radius 1 is 1.35 bits per heavy atom. The van der Waals surface area contributed by atoms with Gasteiger partial charge < -0.3 is 16.5 Å². The smallest absolute Gasteiger partial charge is 0.283 e. The summed E-state index contributed by atoms with van der Waals surface area (Å²) in [5, 5.41) is 4.38. The third-order valence-electron chi connectivity index (χ3n) is 3.88. The summed E-state index contributed by atoms with van der Waals surface area (Å²) < 4.78 is 1.79. The molecule has 8 nitrogen and oxygen atoms in total. The van der Waals surface area contributed by atoms with E-state index < -0.39 is 5.91 Å². The lowest BCUT2D eigenvalue weighted by Crippen LogP contribution is -2.24. The molecule has 8 heteroatoms. The summed E-state index contributed by atoms with van der Waals surface area (Å²) in [6.07, 6.45) is 5.23. The highest BCUT2D eigenvalue weighted by Gasteiger charge is 2.33. The lowest BCUT2D eigenvalue weighted by molar-refractivity contribution is 0.100. The van der Waals surface area contributed by atoms with Crippen LogP contribution in [0.15, 0.2) is 35.7 Å². The lowest BCUT2D eigenvalue weighted by atomic mass is 10.1. The molecule has 1 aliphatic rings. The zero-order chi connectivity index (χ0) is 16.0. The van der Waals surface area contributed by atoms with E-state index >= 15 is 0 Å². The number of carbonyl (C=O) groups excluding carboxylic acids is 1. The van der Waals surface area contributed by atoms with Crippen LogP contribution in [0, 0.1) is 0 Å². The molecule has 5 N–H and O–H groups in total. The molecule has 0 saturated heterocycles. The fraction of sp³-hybridized carbons (Fsp3) is 0.200. The van der Waals surface area contributed by atoms with Gasteiger partial charge >= 0.3 is 0 Å². The minimum Gasteiger partial charge on any atom is -0.370 e. The van der Waals surface area contributed by atoms with Crippen molar-refractivity contribution in [2.75, 3.05) is 0 Å². The number of aromatic amines is 1. The number of fused-ring (bicyclic) bond motifs is 1. The number of nitrogens with one attached hydrogen (secondary N) is 1. The van der Waals surface area contributed by atoms with E-state index in [0.29, 0.717) is 11.5 Å². The molecule has 1 saturated carbocycles. The number of rotatable bonds is 3. The van der Waals surface area contributed by atoms with Crippen molar-refractivity contribution in [2.45, 2.75) is 18.8 Å². The monoisotopic (exact) mass is 309 g/mol. The van der Waals surface area contributed by atoms with E-state index in [1.54, 1.807) is 11.0 Å². The van der Waals surface area contributed by atoms with Crippen LogP contribution in [0.2, 0.25) is 0 Å². The summed E-state index contributed by atoms with van der Waals surface area (Å²) in [5.41, 5.74) is 14.6. The summed E-state index contributed by atoms with van der Waals surface area (Å²) in [6.45, 7) is 0. The van der Waals surface area contributed by atoms with Gasteiger partial charge in [0.05, 0.1) is 40.5 Å². The fourth-order valence-electron chi connectivity index (χ4n) is 2.71. The fourth-order valence-corrected chi connectivity index (χ4v) is 2.71. The number of nitrogens with zero attached hydrogens (tertiary/aromatic N) is 4. The summed E-state index contributed by atoms with van der Waals surface area (Å²) in [4.78, 5) is 23.1. The van der Waals surface area contributed by atoms with Gasteiger partial charge in [-0.2, -0.15) is 10.1 Å². The minimum absolute atomic E-state index is 0.247. The Morgan fingerprint density at radius 3 is 2.91 bits per heavy atom. The van der Waals surface area contributed by atoms with Crippen molar-refractivity contribution in [1.82, 2.24) is 19.7 Å². The Bertz CT molecular complexity index is 928.